The molecule has 1 heteroatoms. The average molecular weight is 206 g/mol. The first-order chi connectivity index (χ1) is 7.24. The summed E-state index contributed by atoms with van der Waals surface area (Å²) < 4.78 is 0. The Kier molecular flexibility index (Phi) is 7.61. The van der Waals surface area contributed by atoms with Gasteiger partial charge in [-0.05, 0) is 19.4 Å². The maximum absolute atomic E-state index is 11.6. The topological polar surface area (TPSA) is 17.1 Å². The quantitative estimate of drug-likeness (QED) is 0.667. The molecule has 1 nitrogen and oxygen atoms in total. The Bertz CT molecular complexity index is 289. The number of unbranched alkanes of at least 4 members (excludes halogenated alkanes) is 1. The molecule has 1 rings (SSSR count). The molecule has 1 aromatic rings. The summed E-state index contributed by atoms with van der Waals surface area (Å²) in [4.78, 5) is 11.6. The van der Waals surface area contributed by atoms with Gasteiger partial charge in [-0.15, -0.1) is 0 Å². The molecule has 0 aliphatic carbocycles. The van der Waals surface area contributed by atoms with Crippen molar-refractivity contribution in [3.8, 4) is 0 Å². The van der Waals surface area contributed by atoms with Crippen LogP contribution >= 0.6 is 0 Å². The van der Waals surface area contributed by atoms with Gasteiger partial charge in [-0.1, -0.05) is 51.0 Å². The van der Waals surface area contributed by atoms with E-state index in [0.29, 0.717) is 6.42 Å². The molecule has 0 saturated heterocycles. The van der Waals surface area contributed by atoms with Crippen LogP contribution in [0.5, 0.6) is 0 Å². The summed E-state index contributed by atoms with van der Waals surface area (Å²) in [6.45, 7) is 8.11. The zero-order valence-electron chi connectivity index (χ0n) is 10.3. The number of Topliss-reactive ketones (excluding diaryl/α,β-unsaturated/α-hetero) is 1. The van der Waals surface area contributed by atoms with Gasteiger partial charge in [-0.2, -0.15) is 0 Å². The Morgan fingerprint density at radius 2 is 1.93 bits per heavy atom. The Labute approximate surface area is 93.5 Å². The Morgan fingerprint density at radius 1 is 1.27 bits per heavy atom. The fraction of sp³-hybridized carbons (Fsp3) is 0.500. The van der Waals surface area contributed by atoms with Crippen LogP contribution in [0.15, 0.2) is 24.3 Å². The lowest BCUT2D eigenvalue weighted by Gasteiger charge is -2.00. The van der Waals surface area contributed by atoms with Crippen molar-refractivity contribution < 1.29 is 4.79 Å². The summed E-state index contributed by atoms with van der Waals surface area (Å²) in [7, 11) is 0. The van der Waals surface area contributed by atoms with Crippen molar-refractivity contribution >= 4 is 5.78 Å². The number of ketones is 1. The van der Waals surface area contributed by atoms with Crippen molar-refractivity contribution in [1.29, 1.82) is 0 Å². The molecule has 0 saturated carbocycles. The first-order valence-corrected chi connectivity index (χ1v) is 5.84. The molecule has 0 unspecified atom stereocenters. The van der Waals surface area contributed by atoms with Crippen molar-refractivity contribution in [2.45, 2.75) is 47.0 Å². The second kappa shape index (κ2) is 8.22. The second-order valence-electron chi connectivity index (χ2n) is 3.40. The maximum Gasteiger partial charge on any atom is 0.162 e. The number of benzene rings is 1. The van der Waals surface area contributed by atoms with Crippen LogP contribution in [0.4, 0.5) is 0 Å². The molecule has 84 valence electrons. The normalized spacial score (nSPS) is 9.07. The van der Waals surface area contributed by atoms with Gasteiger partial charge in [0.1, 0.15) is 0 Å². The Hall–Kier alpha value is -1.11. The van der Waals surface area contributed by atoms with E-state index in [9.17, 15) is 4.79 Å². The van der Waals surface area contributed by atoms with Crippen molar-refractivity contribution in [1.82, 2.24) is 0 Å². The standard InChI is InChI=1S/C12H16O.C2H6/c1-3-4-8-12(13)11-7-5-6-10(2)9-11;1-2/h5-7,9H,3-4,8H2,1-2H3;1-2H3. The first-order valence-electron chi connectivity index (χ1n) is 5.84. The molecule has 0 aliphatic heterocycles. The van der Waals surface area contributed by atoms with E-state index in [1.165, 1.54) is 0 Å². The van der Waals surface area contributed by atoms with Gasteiger partial charge in [0.05, 0.1) is 0 Å². The van der Waals surface area contributed by atoms with Gasteiger partial charge in [0.15, 0.2) is 5.78 Å². The van der Waals surface area contributed by atoms with Gasteiger partial charge >= 0.3 is 0 Å². The number of hydrogen-bond acceptors (Lipinski definition) is 1. The zero-order valence-corrected chi connectivity index (χ0v) is 10.3. The SMILES string of the molecule is CC.CCCCC(=O)c1cccc(C)c1. The van der Waals surface area contributed by atoms with E-state index in [-0.39, 0.29) is 5.78 Å². The van der Waals surface area contributed by atoms with E-state index < -0.39 is 0 Å². The summed E-state index contributed by atoms with van der Waals surface area (Å²) >= 11 is 0. The summed E-state index contributed by atoms with van der Waals surface area (Å²) in [6.07, 6.45) is 2.75. The van der Waals surface area contributed by atoms with Gasteiger partial charge in [-0.3, -0.25) is 4.79 Å². The lowest BCUT2D eigenvalue weighted by molar-refractivity contribution is 0.0979. The highest BCUT2D eigenvalue weighted by Crippen LogP contribution is 2.08. The molecular weight excluding hydrogens is 184 g/mol. The highest BCUT2D eigenvalue weighted by Gasteiger charge is 2.03. The van der Waals surface area contributed by atoms with E-state index >= 15 is 0 Å². The number of carbonyl (C=O) groups excluding carboxylic acids is 1. The zero-order chi connectivity index (χ0) is 11.7. The lowest BCUT2D eigenvalue weighted by Crippen LogP contribution is -1.98. The van der Waals surface area contributed by atoms with E-state index in [2.05, 4.69) is 6.92 Å². The average Bonchev–Trinajstić information content (AvgIpc) is 2.28. The van der Waals surface area contributed by atoms with Crippen LogP contribution < -0.4 is 0 Å². The third-order valence-corrected chi connectivity index (χ3v) is 2.10. The molecule has 0 radical (unpaired) electrons. The van der Waals surface area contributed by atoms with Crippen LogP contribution in [0, 0.1) is 6.92 Å². The fourth-order valence-corrected chi connectivity index (χ4v) is 1.30. The highest BCUT2D eigenvalue weighted by molar-refractivity contribution is 5.96. The van der Waals surface area contributed by atoms with Crippen LogP contribution in [0.1, 0.15) is 56.0 Å². The number of hydrogen-bond donors (Lipinski definition) is 0. The lowest BCUT2D eigenvalue weighted by atomic mass is 10.0. The van der Waals surface area contributed by atoms with Crippen molar-refractivity contribution in [2.24, 2.45) is 0 Å². The van der Waals surface area contributed by atoms with Gasteiger partial charge in [0, 0.05) is 12.0 Å². The number of aryl methyl sites for hydroxylation is 1. The smallest absolute Gasteiger partial charge is 0.162 e. The van der Waals surface area contributed by atoms with Crippen LogP contribution in [0.25, 0.3) is 0 Å². The third-order valence-electron chi connectivity index (χ3n) is 2.10. The molecular formula is C14H22O. The summed E-state index contributed by atoms with van der Waals surface area (Å²) in [5, 5.41) is 0. The molecule has 0 atom stereocenters. The van der Waals surface area contributed by atoms with Crippen molar-refractivity contribution in [3.63, 3.8) is 0 Å². The minimum atomic E-state index is 0.269. The Morgan fingerprint density at radius 3 is 2.47 bits per heavy atom. The molecule has 0 amide bonds. The molecule has 0 aromatic heterocycles. The third kappa shape index (κ3) is 5.36. The highest BCUT2D eigenvalue weighted by atomic mass is 16.1. The predicted molar refractivity (Wildman–Crippen MR) is 66.4 cm³/mol. The summed E-state index contributed by atoms with van der Waals surface area (Å²) in [5.74, 6) is 0.269. The van der Waals surface area contributed by atoms with Crippen LogP contribution in [0.3, 0.4) is 0 Å². The molecule has 0 aliphatic rings. The minimum absolute atomic E-state index is 0.269. The second-order valence-corrected chi connectivity index (χ2v) is 3.40. The van der Waals surface area contributed by atoms with E-state index in [1.807, 2.05) is 45.0 Å². The van der Waals surface area contributed by atoms with E-state index in [4.69, 9.17) is 0 Å². The predicted octanol–water partition coefficient (Wildman–Crippen LogP) is 4.39. The van der Waals surface area contributed by atoms with Gasteiger partial charge in [0.2, 0.25) is 0 Å². The van der Waals surface area contributed by atoms with Gasteiger partial charge in [0.25, 0.3) is 0 Å². The number of carbonyl (C=O) groups is 1. The van der Waals surface area contributed by atoms with E-state index in [0.717, 1.165) is 24.0 Å². The molecule has 0 heterocycles. The van der Waals surface area contributed by atoms with Crippen LogP contribution in [-0.2, 0) is 0 Å². The molecule has 1 aromatic carbocycles. The molecule has 0 bridgehead atoms. The van der Waals surface area contributed by atoms with Crippen LogP contribution in [-0.4, -0.2) is 5.78 Å². The monoisotopic (exact) mass is 206 g/mol. The summed E-state index contributed by atoms with van der Waals surface area (Å²) in [5.41, 5.74) is 2.01. The molecule has 0 fully saturated rings. The molecule has 15 heavy (non-hydrogen) atoms. The van der Waals surface area contributed by atoms with Crippen molar-refractivity contribution in [3.05, 3.63) is 35.4 Å². The fourth-order valence-electron chi connectivity index (χ4n) is 1.30. The van der Waals surface area contributed by atoms with Crippen LogP contribution in [0.2, 0.25) is 0 Å². The first kappa shape index (κ1) is 13.9. The van der Waals surface area contributed by atoms with Gasteiger partial charge in [-0.25, -0.2) is 0 Å². The molecule has 0 spiro atoms. The number of rotatable bonds is 4. The maximum atomic E-state index is 11.6. The van der Waals surface area contributed by atoms with Gasteiger partial charge < -0.3 is 0 Å². The Balaban J connectivity index is 0.000000921. The van der Waals surface area contributed by atoms with E-state index in [1.54, 1.807) is 0 Å². The largest absolute Gasteiger partial charge is 0.294 e. The minimum Gasteiger partial charge on any atom is -0.294 e. The van der Waals surface area contributed by atoms with Crippen molar-refractivity contribution in [2.75, 3.05) is 0 Å². The summed E-state index contributed by atoms with van der Waals surface area (Å²) in [6, 6.07) is 7.80. The molecule has 0 N–H and O–H groups in total.